The van der Waals surface area contributed by atoms with Crippen molar-refractivity contribution in [3.05, 3.63) is 143 Å². The number of aromatic amines is 1. The molecule has 0 amide bonds. The van der Waals surface area contributed by atoms with Crippen molar-refractivity contribution in [1.82, 2.24) is 19.5 Å². The monoisotopic (exact) mass is 774 g/mol. The molecule has 7 rings (SSSR count). The van der Waals surface area contributed by atoms with Crippen LogP contribution in [0, 0.1) is 0 Å². The van der Waals surface area contributed by atoms with Crippen LogP contribution in [0.25, 0.3) is 11.2 Å². The summed E-state index contributed by atoms with van der Waals surface area (Å²) in [7, 11) is 0.834. The lowest BCUT2D eigenvalue weighted by Crippen LogP contribution is -2.51. The number of nitrogens with zero attached hydrogens (tertiary/aromatic N) is 3. The van der Waals surface area contributed by atoms with Gasteiger partial charge < -0.3 is 34.4 Å². The molecule has 4 N–H and O–H groups in total. The Hall–Kier alpha value is -5.47. The second-order valence-corrected chi connectivity index (χ2v) is 20.3. The maximum atomic E-state index is 13.0. The van der Waals surface area contributed by atoms with Crippen molar-refractivity contribution in [2.45, 2.75) is 69.0 Å². The number of benzene rings is 4. The lowest BCUT2D eigenvalue weighted by atomic mass is 9.80. The molecular weight excluding hydrogens is 725 g/mol. The molecule has 1 saturated heterocycles. The number of hydrogen-bond donors (Lipinski definition) is 3. The first-order valence-corrected chi connectivity index (χ1v) is 21.6. The molecule has 12 nitrogen and oxygen atoms in total. The SMILES string of the molecule is COc1ccc(C(OC[C@H]2O[C@@H](n3cnc4c(=O)[nH]c(N)nc43)[C@H](O[Si](C)(C)C(C)(C)C)[C@@H]2Nc2ccccc2)(c2ccccc2)c2ccc(OC)cc2)cc1. The minimum absolute atomic E-state index is 0.0189. The van der Waals surface area contributed by atoms with Crippen molar-refractivity contribution in [1.29, 1.82) is 0 Å². The summed E-state index contributed by atoms with van der Waals surface area (Å²) in [5, 5.41) is 3.64. The third-order valence-corrected chi connectivity index (χ3v) is 15.5. The van der Waals surface area contributed by atoms with Crippen molar-refractivity contribution in [3.63, 3.8) is 0 Å². The van der Waals surface area contributed by atoms with Crippen molar-refractivity contribution < 1.29 is 23.4 Å². The quantitative estimate of drug-likeness (QED) is 0.0796. The number of aromatic nitrogens is 4. The van der Waals surface area contributed by atoms with Gasteiger partial charge in [-0.25, -0.2) is 4.98 Å². The largest absolute Gasteiger partial charge is 0.497 e. The van der Waals surface area contributed by atoms with Crippen LogP contribution in [0.15, 0.2) is 120 Å². The number of ether oxygens (including phenoxy) is 4. The van der Waals surface area contributed by atoms with E-state index < -0.39 is 44.0 Å². The Morgan fingerprint density at radius 3 is 1.95 bits per heavy atom. The van der Waals surface area contributed by atoms with Crippen LogP contribution in [0.5, 0.6) is 11.5 Å². The predicted molar refractivity (Wildman–Crippen MR) is 221 cm³/mol. The topological polar surface area (TPSA) is 148 Å². The number of H-pyrrole nitrogens is 1. The highest BCUT2D eigenvalue weighted by Crippen LogP contribution is 2.46. The van der Waals surface area contributed by atoms with Crippen LogP contribution in [0.2, 0.25) is 18.1 Å². The Kier molecular flexibility index (Phi) is 10.8. The highest BCUT2D eigenvalue weighted by atomic mass is 28.4. The predicted octanol–water partition coefficient (Wildman–Crippen LogP) is 7.50. The number of para-hydroxylation sites is 1. The molecule has 0 bridgehead atoms. The normalized spacial score (nSPS) is 18.9. The number of nitrogens with two attached hydrogens (primary N) is 1. The summed E-state index contributed by atoms with van der Waals surface area (Å²) in [5.41, 5.74) is 8.61. The summed E-state index contributed by atoms with van der Waals surface area (Å²) < 4.78 is 34.8. The molecule has 0 spiro atoms. The summed E-state index contributed by atoms with van der Waals surface area (Å²) in [4.78, 5) is 24.5. The van der Waals surface area contributed by atoms with Crippen LogP contribution in [0.1, 0.15) is 43.7 Å². The van der Waals surface area contributed by atoms with Gasteiger partial charge in [-0.3, -0.25) is 14.3 Å². The van der Waals surface area contributed by atoms with Gasteiger partial charge in [-0.05, 0) is 71.2 Å². The Balaban J connectivity index is 1.39. The van der Waals surface area contributed by atoms with E-state index in [2.05, 4.69) is 66.3 Å². The zero-order valence-electron chi connectivity index (χ0n) is 32.9. The van der Waals surface area contributed by atoms with E-state index in [9.17, 15) is 4.79 Å². The lowest BCUT2D eigenvalue weighted by molar-refractivity contribution is -0.0847. The number of anilines is 2. The van der Waals surface area contributed by atoms with Gasteiger partial charge in [0.25, 0.3) is 5.56 Å². The maximum absolute atomic E-state index is 13.0. The number of rotatable bonds is 13. The molecule has 6 aromatic rings. The highest BCUT2D eigenvalue weighted by molar-refractivity contribution is 6.74. The fourth-order valence-corrected chi connectivity index (χ4v) is 8.36. The average molecular weight is 775 g/mol. The van der Waals surface area contributed by atoms with E-state index in [1.54, 1.807) is 25.1 Å². The number of imidazole rings is 1. The van der Waals surface area contributed by atoms with Gasteiger partial charge in [0.15, 0.2) is 25.7 Å². The second kappa shape index (κ2) is 15.6. The maximum Gasteiger partial charge on any atom is 0.280 e. The third kappa shape index (κ3) is 7.42. The molecule has 0 saturated carbocycles. The Morgan fingerprint density at radius 2 is 1.39 bits per heavy atom. The Labute approximate surface area is 328 Å². The van der Waals surface area contributed by atoms with Gasteiger partial charge in [-0.1, -0.05) is 93.6 Å². The van der Waals surface area contributed by atoms with Crippen molar-refractivity contribution in [3.8, 4) is 11.5 Å². The van der Waals surface area contributed by atoms with Crippen LogP contribution < -0.4 is 26.1 Å². The van der Waals surface area contributed by atoms with Gasteiger partial charge in [0.1, 0.15) is 29.3 Å². The Morgan fingerprint density at radius 1 is 0.839 bits per heavy atom. The molecule has 56 heavy (non-hydrogen) atoms. The second-order valence-electron chi connectivity index (χ2n) is 15.5. The summed E-state index contributed by atoms with van der Waals surface area (Å²) in [6.45, 7) is 11.2. The smallest absolute Gasteiger partial charge is 0.280 e. The van der Waals surface area contributed by atoms with Gasteiger partial charge in [0.05, 0.1) is 33.2 Å². The van der Waals surface area contributed by atoms with Crippen LogP contribution in [-0.2, 0) is 19.5 Å². The van der Waals surface area contributed by atoms with E-state index in [0.717, 1.165) is 33.9 Å². The van der Waals surface area contributed by atoms with Crippen molar-refractivity contribution in [2.24, 2.45) is 0 Å². The minimum atomic E-state index is -2.47. The van der Waals surface area contributed by atoms with Gasteiger partial charge in [-0.15, -0.1) is 0 Å². The zero-order chi connectivity index (χ0) is 39.7. The number of methoxy groups -OCH3 is 2. The van der Waals surface area contributed by atoms with Crippen LogP contribution in [-0.4, -0.2) is 66.9 Å². The number of hydrogen-bond acceptors (Lipinski definition) is 10. The van der Waals surface area contributed by atoms with Crippen molar-refractivity contribution in [2.75, 3.05) is 31.9 Å². The van der Waals surface area contributed by atoms with Crippen LogP contribution in [0.3, 0.4) is 0 Å². The molecule has 2 aromatic heterocycles. The molecule has 0 aliphatic carbocycles. The summed E-state index contributed by atoms with van der Waals surface area (Å²) >= 11 is 0. The van der Waals surface area contributed by atoms with E-state index >= 15 is 0 Å². The molecule has 1 fully saturated rings. The average Bonchev–Trinajstić information content (AvgIpc) is 3.76. The molecule has 1 aliphatic heterocycles. The molecule has 292 valence electrons. The molecule has 0 unspecified atom stereocenters. The zero-order valence-corrected chi connectivity index (χ0v) is 33.9. The van der Waals surface area contributed by atoms with Gasteiger partial charge in [0, 0.05) is 5.69 Å². The van der Waals surface area contributed by atoms with E-state index in [4.69, 9.17) is 29.1 Å². The summed E-state index contributed by atoms with van der Waals surface area (Å²) in [6, 6.07) is 35.6. The van der Waals surface area contributed by atoms with Gasteiger partial charge in [-0.2, -0.15) is 4.98 Å². The Bertz CT molecular complexity index is 2250. The van der Waals surface area contributed by atoms with E-state index in [0.29, 0.717) is 5.65 Å². The number of nitrogens with one attached hydrogen (secondary N) is 2. The fourth-order valence-electron chi connectivity index (χ4n) is 7.06. The molecule has 13 heteroatoms. The van der Waals surface area contributed by atoms with Gasteiger partial charge >= 0.3 is 0 Å². The first-order valence-electron chi connectivity index (χ1n) is 18.7. The lowest BCUT2D eigenvalue weighted by Gasteiger charge is -2.41. The first-order chi connectivity index (χ1) is 26.8. The molecule has 1 aliphatic rings. The fraction of sp³-hybridized carbons (Fsp3) is 0.326. The number of fused-ring (bicyclic) bond motifs is 1. The van der Waals surface area contributed by atoms with Crippen LogP contribution >= 0.6 is 0 Å². The molecule has 4 atom stereocenters. The van der Waals surface area contributed by atoms with Crippen molar-refractivity contribution >= 4 is 31.1 Å². The molecular formula is C43H50N6O6Si. The minimum Gasteiger partial charge on any atom is -0.497 e. The van der Waals surface area contributed by atoms with E-state index in [-0.39, 0.29) is 23.1 Å². The molecule has 3 heterocycles. The molecule has 0 radical (unpaired) electrons. The first kappa shape index (κ1) is 38.8. The summed E-state index contributed by atoms with van der Waals surface area (Å²) in [5.74, 6) is 1.44. The van der Waals surface area contributed by atoms with E-state index in [1.807, 2.05) is 97.1 Å². The molecule has 4 aromatic carbocycles. The third-order valence-electron chi connectivity index (χ3n) is 11.1. The van der Waals surface area contributed by atoms with E-state index in [1.165, 1.54) is 0 Å². The number of nitrogen functional groups attached to an aromatic ring is 1. The standard InChI is InChI=1S/C43H50N6O6Si/c1-42(2,3)56(6,7)55-37-35(46-31-16-12-9-13-17-31)34(54-40(37)49-27-45-36-38(49)47-41(44)48-39(36)50)26-53-43(28-14-10-8-11-15-28,29-18-22-32(51-4)23-19-29)30-20-24-33(52-5)25-21-30/h8-25,27,34-35,37,40,46H,26H2,1-7H3,(H3,44,47,48,50)/t34-,35-,37-,40-/m1/s1. The highest BCUT2D eigenvalue weighted by Gasteiger charge is 2.52. The van der Waals surface area contributed by atoms with Gasteiger partial charge in [0.2, 0.25) is 5.95 Å². The summed E-state index contributed by atoms with van der Waals surface area (Å²) in [6.07, 6.45) is -0.347. The van der Waals surface area contributed by atoms with Crippen LogP contribution in [0.4, 0.5) is 11.6 Å².